The highest BCUT2D eigenvalue weighted by Gasteiger charge is 2.28. The van der Waals surface area contributed by atoms with Gasteiger partial charge in [0.25, 0.3) is 0 Å². The van der Waals surface area contributed by atoms with Gasteiger partial charge in [-0.15, -0.1) is 0 Å². The summed E-state index contributed by atoms with van der Waals surface area (Å²) < 4.78 is 38.8. The van der Waals surface area contributed by atoms with E-state index in [-0.39, 0.29) is 30.3 Å². The van der Waals surface area contributed by atoms with Crippen LogP contribution in [0.2, 0.25) is 0 Å². The number of halogens is 1. The fourth-order valence-electron chi connectivity index (χ4n) is 2.92. The minimum Gasteiger partial charge on any atom is -0.481 e. The lowest BCUT2D eigenvalue weighted by Gasteiger charge is -2.31. The number of benzene rings is 1. The van der Waals surface area contributed by atoms with Crippen LogP contribution < -0.4 is 0 Å². The Labute approximate surface area is 152 Å². The van der Waals surface area contributed by atoms with Gasteiger partial charge in [-0.3, -0.25) is 9.59 Å². The van der Waals surface area contributed by atoms with Gasteiger partial charge in [0.2, 0.25) is 15.9 Å². The van der Waals surface area contributed by atoms with E-state index in [1.54, 1.807) is 0 Å². The zero-order chi connectivity index (χ0) is 19.3. The van der Waals surface area contributed by atoms with Crippen LogP contribution in [-0.4, -0.2) is 61.3 Å². The molecule has 1 atom stereocenters. The van der Waals surface area contributed by atoms with E-state index in [0.29, 0.717) is 25.8 Å². The number of carboxylic acid groups (broad SMARTS) is 1. The molecule has 0 bridgehead atoms. The number of piperidine rings is 1. The minimum atomic E-state index is -3.73. The molecule has 2 rings (SSSR count). The predicted molar refractivity (Wildman–Crippen MR) is 92.4 cm³/mol. The SMILES string of the molecule is CN(CCCC(=O)N1CCC[C@H](C(=O)O)C1)S(=O)(=O)c1ccc(F)cc1. The average molecular weight is 386 g/mol. The Hall–Kier alpha value is -2.00. The van der Waals surface area contributed by atoms with Crippen LogP contribution in [0, 0.1) is 11.7 Å². The number of likely N-dealkylation sites (tertiary alicyclic amines) is 1. The van der Waals surface area contributed by atoms with Gasteiger partial charge >= 0.3 is 5.97 Å². The number of hydrogen-bond donors (Lipinski definition) is 1. The van der Waals surface area contributed by atoms with Crippen molar-refractivity contribution >= 4 is 21.9 Å². The van der Waals surface area contributed by atoms with Crippen molar-refractivity contribution in [3.05, 3.63) is 30.1 Å². The van der Waals surface area contributed by atoms with Gasteiger partial charge in [0.05, 0.1) is 10.8 Å². The van der Waals surface area contributed by atoms with E-state index >= 15 is 0 Å². The molecule has 1 heterocycles. The lowest BCUT2D eigenvalue weighted by atomic mass is 9.98. The Morgan fingerprint density at radius 2 is 1.96 bits per heavy atom. The van der Waals surface area contributed by atoms with E-state index in [0.717, 1.165) is 16.4 Å². The van der Waals surface area contributed by atoms with Crippen molar-refractivity contribution in [3.63, 3.8) is 0 Å². The first-order valence-electron chi connectivity index (χ1n) is 8.44. The largest absolute Gasteiger partial charge is 0.481 e. The summed E-state index contributed by atoms with van der Waals surface area (Å²) in [5.74, 6) is -2.11. The molecule has 0 aliphatic carbocycles. The standard InChI is InChI=1S/C17H23FN2O5S/c1-19(26(24,25)15-8-6-14(18)7-9-15)10-3-5-16(21)20-11-2-4-13(12-20)17(22)23/h6-9,13H,2-5,10-12H2,1H3,(H,22,23)/t13-/m0/s1. The average Bonchev–Trinajstić information content (AvgIpc) is 2.61. The summed E-state index contributed by atoms with van der Waals surface area (Å²) in [5, 5.41) is 9.07. The number of carboxylic acids is 1. The number of aliphatic carboxylic acids is 1. The molecular weight excluding hydrogens is 363 g/mol. The lowest BCUT2D eigenvalue weighted by molar-refractivity contribution is -0.145. The lowest BCUT2D eigenvalue weighted by Crippen LogP contribution is -2.42. The Kier molecular flexibility index (Phi) is 6.71. The van der Waals surface area contributed by atoms with Crippen LogP contribution in [-0.2, 0) is 19.6 Å². The van der Waals surface area contributed by atoms with Crippen molar-refractivity contribution in [1.29, 1.82) is 0 Å². The maximum absolute atomic E-state index is 12.9. The van der Waals surface area contributed by atoms with Crippen molar-refractivity contribution in [1.82, 2.24) is 9.21 Å². The van der Waals surface area contributed by atoms with Gasteiger partial charge in [-0.05, 0) is 43.5 Å². The maximum Gasteiger partial charge on any atom is 0.308 e. The fourth-order valence-corrected chi connectivity index (χ4v) is 4.13. The molecule has 1 aromatic rings. The highest BCUT2D eigenvalue weighted by Crippen LogP contribution is 2.19. The van der Waals surface area contributed by atoms with Crippen molar-refractivity contribution in [2.75, 3.05) is 26.7 Å². The van der Waals surface area contributed by atoms with Crippen molar-refractivity contribution in [2.45, 2.75) is 30.6 Å². The van der Waals surface area contributed by atoms with Crippen molar-refractivity contribution in [2.24, 2.45) is 5.92 Å². The molecule has 0 spiro atoms. The fraction of sp³-hybridized carbons (Fsp3) is 0.529. The van der Waals surface area contributed by atoms with Gasteiger partial charge in [-0.1, -0.05) is 0 Å². The van der Waals surface area contributed by atoms with E-state index in [1.807, 2.05) is 0 Å². The van der Waals surface area contributed by atoms with Crippen LogP contribution in [0.15, 0.2) is 29.2 Å². The molecule has 1 saturated heterocycles. The number of rotatable bonds is 7. The number of sulfonamides is 1. The summed E-state index contributed by atoms with van der Waals surface area (Å²) in [6.07, 6.45) is 1.69. The van der Waals surface area contributed by atoms with E-state index < -0.39 is 27.7 Å². The van der Waals surface area contributed by atoms with Crippen LogP contribution >= 0.6 is 0 Å². The molecule has 0 aromatic heterocycles. The summed E-state index contributed by atoms with van der Waals surface area (Å²) in [6.45, 7) is 0.881. The summed E-state index contributed by atoms with van der Waals surface area (Å²) in [5.41, 5.74) is 0. The second-order valence-electron chi connectivity index (χ2n) is 6.40. The molecule has 1 amide bonds. The van der Waals surface area contributed by atoms with Crippen LogP contribution in [0.1, 0.15) is 25.7 Å². The highest BCUT2D eigenvalue weighted by molar-refractivity contribution is 7.89. The first-order valence-corrected chi connectivity index (χ1v) is 9.88. The summed E-state index contributed by atoms with van der Waals surface area (Å²) in [7, 11) is -2.33. The Balaban J connectivity index is 1.85. The second kappa shape index (κ2) is 8.59. The predicted octanol–water partition coefficient (Wildman–Crippen LogP) is 1.55. The molecule has 0 saturated carbocycles. The molecule has 26 heavy (non-hydrogen) atoms. The molecule has 144 valence electrons. The van der Waals surface area contributed by atoms with E-state index in [9.17, 15) is 22.4 Å². The first-order chi connectivity index (χ1) is 12.2. The zero-order valence-electron chi connectivity index (χ0n) is 14.6. The van der Waals surface area contributed by atoms with Crippen molar-refractivity contribution < 1.29 is 27.5 Å². The number of nitrogens with zero attached hydrogens (tertiary/aromatic N) is 2. The smallest absolute Gasteiger partial charge is 0.308 e. The van der Waals surface area contributed by atoms with Crippen LogP contribution in [0.4, 0.5) is 4.39 Å². The summed E-state index contributed by atoms with van der Waals surface area (Å²) in [4.78, 5) is 24.8. The zero-order valence-corrected chi connectivity index (χ0v) is 15.4. The minimum absolute atomic E-state index is 0.00643. The number of amides is 1. The number of carbonyl (C=O) groups is 2. The van der Waals surface area contributed by atoms with Gasteiger partial charge < -0.3 is 10.0 Å². The molecule has 1 aliphatic rings. The summed E-state index contributed by atoms with van der Waals surface area (Å²) in [6, 6.07) is 4.57. The third kappa shape index (κ3) is 5.01. The molecule has 1 fully saturated rings. The quantitative estimate of drug-likeness (QED) is 0.767. The normalized spacial score (nSPS) is 18.1. The van der Waals surface area contributed by atoms with Crippen LogP contribution in [0.5, 0.6) is 0 Å². The molecule has 9 heteroatoms. The molecule has 0 unspecified atom stereocenters. The maximum atomic E-state index is 12.9. The van der Waals surface area contributed by atoms with Gasteiger partial charge in [0.15, 0.2) is 0 Å². The monoisotopic (exact) mass is 386 g/mol. The summed E-state index contributed by atoms with van der Waals surface area (Å²) >= 11 is 0. The van der Waals surface area contributed by atoms with Gasteiger partial charge in [0, 0.05) is 33.1 Å². The molecular formula is C17H23FN2O5S. The third-order valence-electron chi connectivity index (χ3n) is 4.51. The molecule has 0 radical (unpaired) electrons. The van der Waals surface area contributed by atoms with E-state index in [2.05, 4.69) is 0 Å². The Morgan fingerprint density at radius 1 is 1.31 bits per heavy atom. The third-order valence-corrected chi connectivity index (χ3v) is 6.38. The Morgan fingerprint density at radius 3 is 2.58 bits per heavy atom. The van der Waals surface area contributed by atoms with Gasteiger partial charge in [-0.25, -0.2) is 17.1 Å². The molecule has 1 aromatic carbocycles. The van der Waals surface area contributed by atoms with E-state index in [4.69, 9.17) is 5.11 Å². The number of hydrogen-bond acceptors (Lipinski definition) is 4. The number of carbonyl (C=O) groups excluding carboxylic acids is 1. The molecule has 1 N–H and O–H groups in total. The van der Waals surface area contributed by atoms with Gasteiger partial charge in [0.1, 0.15) is 5.82 Å². The highest BCUT2D eigenvalue weighted by atomic mass is 32.2. The van der Waals surface area contributed by atoms with E-state index in [1.165, 1.54) is 24.1 Å². The Bertz CT molecular complexity index is 751. The van der Waals surface area contributed by atoms with Gasteiger partial charge in [-0.2, -0.15) is 0 Å². The topological polar surface area (TPSA) is 95.0 Å². The van der Waals surface area contributed by atoms with Crippen LogP contribution in [0.3, 0.4) is 0 Å². The van der Waals surface area contributed by atoms with Crippen LogP contribution in [0.25, 0.3) is 0 Å². The molecule has 7 nitrogen and oxygen atoms in total. The first kappa shape index (κ1) is 20.3. The van der Waals surface area contributed by atoms with Crippen molar-refractivity contribution in [3.8, 4) is 0 Å². The molecule has 1 aliphatic heterocycles. The second-order valence-corrected chi connectivity index (χ2v) is 8.45.